The van der Waals surface area contributed by atoms with Crippen molar-refractivity contribution in [2.75, 3.05) is 5.32 Å². The summed E-state index contributed by atoms with van der Waals surface area (Å²) >= 11 is -0.320. The summed E-state index contributed by atoms with van der Waals surface area (Å²) in [5.74, 6) is -1.35. The van der Waals surface area contributed by atoms with Crippen LogP contribution in [0.15, 0.2) is 71.6 Å². The second kappa shape index (κ2) is 11.5. The van der Waals surface area contributed by atoms with E-state index >= 15 is 0 Å². The molecular formula is C25H19F10NO2S. The van der Waals surface area contributed by atoms with Crippen molar-refractivity contribution in [3.05, 3.63) is 89.2 Å². The average molecular weight is 587 g/mol. The van der Waals surface area contributed by atoms with E-state index in [0.29, 0.717) is 17.7 Å². The number of nitrogens with one attached hydrogen (secondary N) is 1. The predicted molar refractivity (Wildman–Crippen MR) is 123 cm³/mol. The fourth-order valence-electron chi connectivity index (χ4n) is 3.42. The zero-order chi connectivity index (χ0) is 29.1. The Bertz CT molecular complexity index is 1280. The molecule has 1 atom stereocenters. The highest BCUT2D eigenvalue weighted by Gasteiger charge is 2.53. The monoisotopic (exact) mass is 587 g/mol. The molecule has 0 radical (unpaired) electrons. The molecule has 0 bridgehead atoms. The lowest BCUT2D eigenvalue weighted by Gasteiger charge is -2.32. The summed E-state index contributed by atoms with van der Waals surface area (Å²) in [7, 11) is 0. The standard InChI is InChI=1S/C25H19F10NO2S/c26-21-12-17(23(27,28)29)8-7-16(21)9-10-22(37,24(30,31)32)36-18-4-2-5-19(13-18)38-14-15-3-1-6-20(11-15)39-25(33,34)35/h1-8,11-13,36-37H,9-10,14H2. The summed E-state index contributed by atoms with van der Waals surface area (Å²) in [6.45, 7) is -0.216. The van der Waals surface area contributed by atoms with Gasteiger partial charge in [-0.05, 0) is 65.7 Å². The van der Waals surface area contributed by atoms with Gasteiger partial charge in [-0.2, -0.15) is 39.5 Å². The van der Waals surface area contributed by atoms with Crippen molar-refractivity contribution in [1.82, 2.24) is 0 Å². The van der Waals surface area contributed by atoms with Gasteiger partial charge in [0.05, 0.1) is 5.56 Å². The lowest BCUT2D eigenvalue weighted by atomic mass is 9.99. The lowest BCUT2D eigenvalue weighted by Crippen LogP contribution is -2.52. The van der Waals surface area contributed by atoms with E-state index in [1.807, 2.05) is 5.32 Å². The van der Waals surface area contributed by atoms with Crippen molar-refractivity contribution in [2.24, 2.45) is 0 Å². The van der Waals surface area contributed by atoms with Gasteiger partial charge in [0, 0.05) is 23.1 Å². The molecule has 212 valence electrons. The topological polar surface area (TPSA) is 41.5 Å². The molecule has 0 spiro atoms. The number of anilines is 1. The van der Waals surface area contributed by atoms with Gasteiger partial charge in [0.15, 0.2) is 0 Å². The summed E-state index contributed by atoms with van der Waals surface area (Å²) < 4.78 is 137. The predicted octanol–water partition coefficient (Wildman–Crippen LogP) is 8.33. The van der Waals surface area contributed by atoms with Crippen molar-refractivity contribution >= 4 is 17.4 Å². The minimum Gasteiger partial charge on any atom is -0.489 e. The number of hydrogen-bond donors (Lipinski definition) is 2. The lowest BCUT2D eigenvalue weighted by molar-refractivity contribution is -0.250. The molecule has 0 aliphatic carbocycles. The van der Waals surface area contributed by atoms with Crippen LogP contribution < -0.4 is 10.1 Å². The molecular weight excluding hydrogens is 568 g/mol. The Hall–Kier alpha value is -3.13. The van der Waals surface area contributed by atoms with E-state index in [9.17, 15) is 49.0 Å². The van der Waals surface area contributed by atoms with E-state index in [-0.39, 0.29) is 40.8 Å². The molecule has 0 amide bonds. The van der Waals surface area contributed by atoms with Crippen molar-refractivity contribution in [2.45, 2.75) is 47.9 Å². The highest BCUT2D eigenvalue weighted by Crippen LogP contribution is 2.38. The Labute approximate surface area is 219 Å². The molecule has 2 N–H and O–H groups in total. The van der Waals surface area contributed by atoms with Crippen molar-refractivity contribution in [3.8, 4) is 5.75 Å². The third-order valence-corrected chi connectivity index (χ3v) is 6.05. The highest BCUT2D eigenvalue weighted by molar-refractivity contribution is 8.00. The summed E-state index contributed by atoms with van der Waals surface area (Å²) in [5, 5.41) is 12.3. The van der Waals surface area contributed by atoms with Gasteiger partial charge in [0.25, 0.3) is 0 Å². The Morgan fingerprint density at radius 2 is 1.51 bits per heavy atom. The molecule has 14 heteroatoms. The van der Waals surface area contributed by atoms with Crippen LogP contribution in [0.2, 0.25) is 0 Å². The molecule has 0 fully saturated rings. The van der Waals surface area contributed by atoms with Crippen LogP contribution in [0.3, 0.4) is 0 Å². The summed E-state index contributed by atoms with van der Waals surface area (Å²) in [6, 6.07) is 11.7. The van der Waals surface area contributed by atoms with Crippen LogP contribution in [0.5, 0.6) is 5.75 Å². The molecule has 39 heavy (non-hydrogen) atoms. The van der Waals surface area contributed by atoms with Gasteiger partial charge in [0.2, 0.25) is 5.72 Å². The van der Waals surface area contributed by atoms with E-state index in [1.165, 1.54) is 42.5 Å². The molecule has 0 saturated heterocycles. The maximum atomic E-state index is 14.1. The molecule has 0 saturated carbocycles. The Balaban J connectivity index is 1.71. The van der Waals surface area contributed by atoms with Crippen molar-refractivity contribution in [1.29, 1.82) is 0 Å². The molecule has 3 rings (SSSR count). The minimum absolute atomic E-state index is 0.0205. The van der Waals surface area contributed by atoms with E-state index in [1.54, 1.807) is 0 Å². The van der Waals surface area contributed by atoms with Gasteiger partial charge in [-0.3, -0.25) is 0 Å². The number of aliphatic hydroxyl groups is 1. The number of benzene rings is 3. The van der Waals surface area contributed by atoms with E-state index in [4.69, 9.17) is 4.74 Å². The first-order valence-corrected chi connectivity index (χ1v) is 11.8. The largest absolute Gasteiger partial charge is 0.489 e. The summed E-state index contributed by atoms with van der Waals surface area (Å²) in [4.78, 5) is -0.0845. The third-order valence-electron chi connectivity index (χ3n) is 5.33. The van der Waals surface area contributed by atoms with Crippen LogP contribution in [0, 0.1) is 5.82 Å². The van der Waals surface area contributed by atoms with Crippen LogP contribution in [0.1, 0.15) is 23.1 Å². The fraction of sp³-hybridized carbons (Fsp3) is 0.280. The number of alkyl halides is 9. The number of aryl methyl sites for hydroxylation is 1. The zero-order valence-electron chi connectivity index (χ0n) is 19.5. The van der Waals surface area contributed by atoms with Gasteiger partial charge >= 0.3 is 17.9 Å². The second-order valence-corrected chi connectivity index (χ2v) is 9.44. The molecule has 3 aromatic rings. The first-order chi connectivity index (χ1) is 18.0. The Morgan fingerprint density at radius 1 is 0.821 bits per heavy atom. The van der Waals surface area contributed by atoms with Crippen molar-refractivity contribution < 1.29 is 53.7 Å². The third kappa shape index (κ3) is 8.68. The Kier molecular flexibility index (Phi) is 9.00. The maximum Gasteiger partial charge on any atom is 0.446 e. The molecule has 3 nitrogen and oxygen atoms in total. The second-order valence-electron chi connectivity index (χ2n) is 8.30. The van der Waals surface area contributed by atoms with Crippen LogP contribution in [0.4, 0.5) is 49.6 Å². The van der Waals surface area contributed by atoms with Crippen LogP contribution in [0.25, 0.3) is 0 Å². The number of hydrogen-bond acceptors (Lipinski definition) is 4. The maximum absolute atomic E-state index is 14.1. The zero-order valence-corrected chi connectivity index (χ0v) is 20.3. The molecule has 1 unspecified atom stereocenters. The average Bonchev–Trinajstić information content (AvgIpc) is 2.80. The van der Waals surface area contributed by atoms with E-state index < -0.39 is 53.4 Å². The number of ether oxygens (including phenoxy) is 1. The number of thioether (sulfide) groups is 1. The molecule has 0 aliphatic rings. The summed E-state index contributed by atoms with van der Waals surface area (Å²) in [6.07, 6.45) is -12.0. The summed E-state index contributed by atoms with van der Waals surface area (Å²) in [5.41, 5.74) is -9.77. The number of halogens is 10. The Morgan fingerprint density at radius 3 is 2.13 bits per heavy atom. The SMILES string of the molecule is OC(CCc1ccc(C(F)(F)F)cc1F)(Nc1cccc(OCc2cccc(SC(F)(F)F)c2)c1)C(F)(F)F. The first kappa shape index (κ1) is 30.4. The van der Waals surface area contributed by atoms with Gasteiger partial charge in [-0.1, -0.05) is 24.3 Å². The van der Waals surface area contributed by atoms with E-state index in [0.717, 1.165) is 6.07 Å². The normalized spacial score (nSPS) is 14.1. The minimum atomic E-state index is -5.27. The fourth-order valence-corrected chi connectivity index (χ4v) is 4.04. The van der Waals surface area contributed by atoms with Crippen LogP contribution in [-0.4, -0.2) is 22.5 Å². The van der Waals surface area contributed by atoms with Gasteiger partial charge in [-0.25, -0.2) is 4.39 Å². The van der Waals surface area contributed by atoms with Gasteiger partial charge < -0.3 is 15.2 Å². The van der Waals surface area contributed by atoms with Gasteiger partial charge in [-0.15, -0.1) is 0 Å². The quantitative estimate of drug-likeness (QED) is 0.150. The smallest absolute Gasteiger partial charge is 0.446 e. The molecule has 0 aliphatic heterocycles. The molecule has 0 heterocycles. The van der Waals surface area contributed by atoms with E-state index in [2.05, 4.69) is 0 Å². The van der Waals surface area contributed by atoms with Crippen LogP contribution in [-0.2, 0) is 19.2 Å². The van der Waals surface area contributed by atoms with Crippen LogP contribution >= 0.6 is 11.8 Å². The number of rotatable bonds is 9. The van der Waals surface area contributed by atoms with Gasteiger partial charge in [0.1, 0.15) is 18.2 Å². The molecule has 3 aromatic carbocycles. The van der Waals surface area contributed by atoms with Crippen molar-refractivity contribution in [3.63, 3.8) is 0 Å². The molecule has 0 aromatic heterocycles. The highest BCUT2D eigenvalue weighted by atomic mass is 32.2. The first-order valence-electron chi connectivity index (χ1n) is 11.0.